The second kappa shape index (κ2) is 6.12. The Morgan fingerprint density at radius 2 is 2.04 bits per heavy atom. The average molecular weight is 349 g/mol. The highest BCUT2D eigenvalue weighted by atomic mass is 16.2. The fourth-order valence-electron chi connectivity index (χ4n) is 3.91. The lowest BCUT2D eigenvalue weighted by Crippen LogP contribution is -2.39. The number of carbonyl (C=O) groups excluding carboxylic acids is 1. The van der Waals surface area contributed by atoms with Crippen molar-refractivity contribution in [1.29, 1.82) is 0 Å². The molecule has 0 saturated heterocycles. The number of rotatable bonds is 2. The highest BCUT2D eigenvalue weighted by Crippen LogP contribution is 2.31. The fourth-order valence-corrected chi connectivity index (χ4v) is 3.91. The van der Waals surface area contributed by atoms with E-state index in [1.807, 2.05) is 42.6 Å². The molecule has 0 spiro atoms. The van der Waals surface area contributed by atoms with Gasteiger partial charge in [-0.25, -0.2) is 0 Å². The van der Waals surface area contributed by atoms with E-state index in [9.17, 15) is 4.79 Å². The summed E-state index contributed by atoms with van der Waals surface area (Å²) >= 11 is 0. The molecule has 1 aromatic carbocycles. The van der Waals surface area contributed by atoms with E-state index in [-0.39, 0.29) is 11.9 Å². The number of nitrogens with one attached hydrogen (secondary N) is 1. The molecule has 1 aliphatic rings. The Kier molecular flexibility index (Phi) is 3.90. The number of benzene rings is 1. The van der Waals surface area contributed by atoms with Gasteiger partial charge in [0.1, 0.15) is 5.69 Å². The maximum atomic E-state index is 13.1. The summed E-state index contributed by atoms with van der Waals surface area (Å²) in [6.45, 7) is 6.77. The normalized spacial score (nSPS) is 16.6. The Balaban J connectivity index is 1.63. The number of aromatic amines is 1. The van der Waals surface area contributed by atoms with Gasteiger partial charge in [0.15, 0.2) is 0 Å². The minimum atomic E-state index is -0.00931. The van der Waals surface area contributed by atoms with E-state index in [1.54, 1.807) is 0 Å². The van der Waals surface area contributed by atoms with Crippen LogP contribution in [0.15, 0.2) is 30.3 Å². The van der Waals surface area contributed by atoms with Gasteiger partial charge in [0.2, 0.25) is 0 Å². The largest absolute Gasteiger partial charge is 0.330 e. The maximum Gasteiger partial charge on any atom is 0.272 e. The van der Waals surface area contributed by atoms with Crippen molar-refractivity contribution in [3.63, 3.8) is 0 Å². The highest BCUT2D eigenvalue weighted by molar-refractivity contribution is 5.94. The average Bonchev–Trinajstić information content (AvgIpc) is 3.20. The first kappa shape index (κ1) is 16.6. The van der Waals surface area contributed by atoms with Crippen molar-refractivity contribution in [3.8, 4) is 11.3 Å². The Hall–Kier alpha value is -2.89. The van der Waals surface area contributed by atoms with E-state index in [0.717, 1.165) is 35.6 Å². The predicted octanol–water partition coefficient (Wildman–Crippen LogP) is 3.19. The summed E-state index contributed by atoms with van der Waals surface area (Å²) in [7, 11) is 1.91. The van der Waals surface area contributed by atoms with Crippen LogP contribution in [0.25, 0.3) is 11.3 Å². The van der Waals surface area contributed by atoms with Crippen LogP contribution in [0.1, 0.15) is 46.0 Å². The molecule has 0 bridgehead atoms. The van der Waals surface area contributed by atoms with Crippen molar-refractivity contribution in [2.45, 2.75) is 33.2 Å². The molecule has 0 aliphatic carbocycles. The predicted molar refractivity (Wildman–Crippen MR) is 99.9 cm³/mol. The molecule has 0 unspecified atom stereocenters. The number of nitrogens with zero attached hydrogens (tertiary/aromatic N) is 4. The van der Waals surface area contributed by atoms with Crippen molar-refractivity contribution < 1.29 is 4.79 Å². The molecule has 6 heteroatoms. The van der Waals surface area contributed by atoms with E-state index < -0.39 is 0 Å². The highest BCUT2D eigenvalue weighted by Gasteiger charge is 2.29. The summed E-state index contributed by atoms with van der Waals surface area (Å²) in [6, 6.07) is 10.2. The van der Waals surface area contributed by atoms with Crippen LogP contribution in [-0.2, 0) is 13.5 Å². The molecule has 0 saturated carbocycles. The van der Waals surface area contributed by atoms with Gasteiger partial charge in [0.05, 0.1) is 17.4 Å². The zero-order valence-electron chi connectivity index (χ0n) is 15.6. The number of amides is 1. The molecular formula is C20H23N5O. The number of hydrogen-bond acceptors (Lipinski definition) is 3. The lowest BCUT2D eigenvalue weighted by molar-refractivity contribution is 0.0671. The van der Waals surface area contributed by atoms with E-state index in [0.29, 0.717) is 5.69 Å². The van der Waals surface area contributed by atoms with E-state index in [2.05, 4.69) is 40.4 Å². The number of hydrogen-bond donors (Lipinski definition) is 1. The van der Waals surface area contributed by atoms with E-state index >= 15 is 0 Å². The molecule has 26 heavy (non-hydrogen) atoms. The van der Waals surface area contributed by atoms with Gasteiger partial charge in [-0.2, -0.15) is 10.2 Å². The Morgan fingerprint density at radius 3 is 2.77 bits per heavy atom. The molecule has 0 fully saturated rings. The summed E-state index contributed by atoms with van der Waals surface area (Å²) < 4.78 is 1.84. The number of fused-ring (bicyclic) bond motifs is 1. The smallest absolute Gasteiger partial charge is 0.272 e. The molecule has 1 atom stereocenters. The zero-order valence-corrected chi connectivity index (χ0v) is 15.6. The molecule has 3 heterocycles. The van der Waals surface area contributed by atoms with Gasteiger partial charge >= 0.3 is 0 Å². The summed E-state index contributed by atoms with van der Waals surface area (Å²) in [6.07, 6.45) is 0.883. The van der Waals surface area contributed by atoms with Crippen LogP contribution in [0.3, 0.4) is 0 Å². The van der Waals surface area contributed by atoms with Crippen molar-refractivity contribution in [2.75, 3.05) is 6.54 Å². The molecule has 4 rings (SSSR count). The molecular weight excluding hydrogens is 326 g/mol. The lowest BCUT2D eigenvalue weighted by Gasteiger charge is -2.35. The minimum Gasteiger partial charge on any atom is -0.330 e. The van der Waals surface area contributed by atoms with E-state index in [4.69, 9.17) is 0 Å². The van der Waals surface area contributed by atoms with Crippen molar-refractivity contribution >= 4 is 5.91 Å². The molecule has 2 aromatic heterocycles. The summed E-state index contributed by atoms with van der Waals surface area (Å²) in [4.78, 5) is 15.0. The van der Waals surface area contributed by atoms with Gasteiger partial charge in [0.25, 0.3) is 5.91 Å². The monoisotopic (exact) mass is 349 g/mol. The topological polar surface area (TPSA) is 66.8 Å². The molecule has 6 nitrogen and oxygen atoms in total. The lowest BCUT2D eigenvalue weighted by atomic mass is 9.93. The quantitative estimate of drug-likeness (QED) is 0.773. The van der Waals surface area contributed by atoms with Crippen molar-refractivity contribution in [2.24, 2.45) is 7.05 Å². The van der Waals surface area contributed by atoms with E-state index in [1.165, 1.54) is 11.1 Å². The number of aryl methyl sites for hydroxylation is 2. The molecule has 1 amide bonds. The van der Waals surface area contributed by atoms with Crippen LogP contribution < -0.4 is 0 Å². The first-order chi connectivity index (χ1) is 12.5. The second-order valence-electron chi connectivity index (χ2n) is 6.96. The number of H-pyrrole nitrogens is 1. The van der Waals surface area contributed by atoms with Crippen LogP contribution in [0.2, 0.25) is 0 Å². The van der Waals surface area contributed by atoms with Gasteiger partial charge in [-0.1, -0.05) is 24.3 Å². The Labute approximate surface area is 152 Å². The SMILES string of the molecule is Cc1nn(C)c(C)c1-c1cc(C(=O)N2CCc3ccccc3[C@H]2C)[nH]n1. The second-order valence-corrected chi connectivity index (χ2v) is 6.96. The third-order valence-corrected chi connectivity index (χ3v) is 5.43. The summed E-state index contributed by atoms with van der Waals surface area (Å²) in [5.41, 5.74) is 6.78. The number of aromatic nitrogens is 4. The Morgan fingerprint density at radius 1 is 1.27 bits per heavy atom. The van der Waals surface area contributed by atoms with Crippen molar-refractivity contribution in [1.82, 2.24) is 24.9 Å². The van der Waals surface area contributed by atoms with Gasteiger partial charge in [-0.05, 0) is 44.4 Å². The van der Waals surface area contributed by atoms with Crippen LogP contribution in [0.5, 0.6) is 0 Å². The molecule has 1 N–H and O–H groups in total. The summed E-state index contributed by atoms with van der Waals surface area (Å²) in [5, 5.41) is 11.7. The third kappa shape index (κ3) is 2.53. The minimum absolute atomic E-state index is 0.00931. The van der Waals surface area contributed by atoms with Crippen LogP contribution in [0.4, 0.5) is 0 Å². The van der Waals surface area contributed by atoms with Gasteiger partial charge in [0, 0.05) is 24.8 Å². The molecule has 134 valence electrons. The van der Waals surface area contributed by atoms with Gasteiger partial charge in [-0.15, -0.1) is 0 Å². The Bertz CT molecular complexity index is 984. The van der Waals surface area contributed by atoms with Crippen LogP contribution >= 0.6 is 0 Å². The maximum absolute atomic E-state index is 13.1. The molecule has 1 aliphatic heterocycles. The van der Waals surface area contributed by atoms with Crippen molar-refractivity contribution in [3.05, 3.63) is 58.5 Å². The van der Waals surface area contributed by atoms with Gasteiger partial charge < -0.3 is 4.90 Å². The number of carbonyl (C=O) groups is 1. The van der Waals surface area contributed by atoms with Gasteiger partial charge in [-0.3, -0.25) is 14.6 Å². The molecule has 0 radical (unpaired) electrons. The zero-order chi connectivity index (χ0) is 18.4. The van der Waals surface area contributed by atoms with Crippen LogP contribution in [-0.4, -0.2) is 37.3 Å². The standard InChI is InChI=1S/C20H23N5O/c1-12-19(14(3)24(4)23-12)17-11-18(22-21-17)20(26)25-10-9-15-7-5-6-8-16(15)13(25)2/h5-8,11,13H,9-10H2,1-4H3,(H,21,22)/t13-/m1/s1. The fraction of sp³-hybridized carbons (Fsp3) is 0.350. The first-order valence-corrected chi connectivity index (χ1v) is 8.92. The third-order valence-electron chi connectivity index (χ3n) is 5.43. The molecule has 3 aromatic rings. The first-order valence-electron chi connectivity index (χ1n) is 8.92. The summed E-state index contributed by atoms with van der Waals surface area (Å²) in [5.74, 6) is -0.00931. The van der Waals surface area contributed by atoms with Crippen LogP contribution in [0, 0.1) is 13.8 Å².